The van der Waals surface area contributed by atoms with E-state index >= 15 is 0 Å². The van der Waals surface area contributed by atoms with Gasteiger partial charge in [0.1, 0.15) is 11.6 Å². The maximum atomic E-state index is 13.9. The van der Waals surface area contributed by atoms with Crippen molar-refractivity contribution >= 4 is 5.95 Å². The number of ether oxygens (including phenoxy) is 1. The Kier molecular flexibility index (Phi) is 3.70. The zero-order valence-corrected chi connectivity index (χ0v) is 12.0. The largest absolute Gasteiger partial charge is 0.497 e. The highest BCUT2D eigenvalue weighted by atomic mass is 19.1. The average molecular weight is 295 g/mol. The minimum atomic E-state index is -0.350. The van der Waals surface area contributed by atoms with E-state index in [4.69, 9.17) is 10.5 Å². The van der Waals surface area contributed by atoms with E-state index in [9.17, 15) is 4.39 Å². The van der Waals surface area contributed by atoms with Crippen LogP contribution in [0.1, 0.15) is 0 Å². The fourth-order valence-electron chi connectivity index (χ4n) is 2.20. The molecule has 0 saturated heterocycles. The number of hydrogen-bond donors (Lipinski definition) is 1. The molecule has 5 heteroatoms. The summed E-state index contributed by atoms with van der Waals surface area (Å²) in [5.41, 5.74) is 8.06. The summed E-state index contributed by atoms with van der Waals surface area (Å²) in [5, 5.41) is 0. The van der Waals surface area contributed by atoms with Gasteiger partial charge < -0.3 is 10.5 Å². The van der Waals surface area contributed by atoms with Crippen LogP contribution in [0.3, 0.4) is 0 Å². The van der Waals surface area contributed by atoms with Crippen LogP contribution in [0.2, 0.25) is 0 Å². The van der Waals surface area contributed by atoms with Crippen molar-refractivity contribution in [2.45, 2.75) is 0 Å². The first kappa shape index (κ1) is 14.0. The van der Waals surface area contributed by atoms with Gasteiger partial charge >= 0.3 is 0 Å². The first-order valence-corrected chi connectivity index (χ1v) is 6.71. The van der Waals surface area contributed by atoms with Gasteiger partial charge in [0.2, 0.25) is 5.95 Å². The van der Waals surface area contributed by atoms with Crippen molar-refractivity contribution in [2.24, 2.45) is 0 Å². The molecule has 0 spiro atoms. The SMILES string of the molecule is COc1cccc(-c2cc(-c3ccccc3F)nc(N)n2)c1. The van der Waals surface area contributed by atoms with Crippen LogP contribution in [-0.2, 0) is 0 Å². The van der Waals surface area contributed by atoms with Gasteiger partial charge in [-0.2, -0.15) is 0 Å². The quantitative estimate of drug-likeness (QED) is 0.803. The van der Waals surface area contributed by atoms with Crippen molar-refractivity contribution < 1.29 is 9.13 Å². The Hall–Kier alpha value is -2.95. The van der Waals surface area contributed by atoms with E-state index < -0.39 is 0 Å². The Morgan fingerprint density at radius 1 is 0.955 bits per heavy atom. The third-order valence-corrected chi connectivity index (χ3v) is 3.26. The molecule has 2 N–H and O–H groups in total. The Balaban J connectivity index is 2.12. The van der Waals surface area contributed by atoms with Crippen molar-refractivity contribution in [1.29, 1.82) is 0 Å². The second-order valence-corrected chi connectivity index (χ2v) is 4.71. The zero-order valence-electron chi connectivity index (χ0n) is 12.0. The van der Waals surface area contributed by atoms with Gasteiger partial charge in [0.25, 0.3) is 0 Å². The van der Waals surface area contributed by atoms with Crippen molar-refractivity contribution in [1.82, 2.24) is 9.97 Å². The molecule has 3 aromatic rings. The van der Waals surface area contributed by atoms with Crippen molar-refractivity contribution in [3.8, 4) is 28.3 Å². The van der Waals surface area contributed by atoms with E-state index in [1.54, 1.807) is 31.4 Å². The molecule has 3 rings (SSSR count). The van der Waals surface area contributed by atoms with Gasteiger partial charge in [-0.3, -0.25) is 0 Å². The highest BCUT2D eigenvalue weighted by Crippen LogP contribution is 2.27. The van der Waals surface area contributed by atoms with E-state index in [0.717, 1.165) is 5.56 Å². The summed E-state index contributed by atoms with van der Waals surface area (Å²) in [4.78, 5) is 8.35. The number of anilines is 1. The third-order valence-electron chi connectivity index (χ3n) is 3.26. The number of hydrogen-bond acceptors (Lipinski definition) is 4. The zero-order chi connectivity index (χ0) is 15.5. The predicted octanol–water partition coefficient (Wildman–Crippen LogP) is 3.54. The minimum absolute atomic E-state index is 0.0959. The number of halogens is 1. The lowest BCUT2D eigenvalue weighted by atomic mass is 10.1. The van der Waals surface area contributed by atoms with Crippen LogP contribution in [0.4, 0.5) is 10.3 Å². The van der Waals surface area contributed by atoms with Crippen LogP contribution in [0, 0.1) is 5.82 Å². The van der Waals surface area contributed by atoms with Gasteiger partial charge in [0, 0.05) is 11.1 Å². The molecule has 4 nitrogen and oxygen atoms in total. The maximum absolute atomic E-state index is 13.9. The molecule has 0 radical (unpaired) electrons. The first-order chi connectivity index (χ1) is 10.7. The Morgan fingerprint density at radius 3 is 2.50 bits per heavy atom. The lowest BCUT2D eigenvalue weighted by Crippen LogP contribution is -1.99. The summed E-state index contributed by atoms with van der Waals surface area (Å²) in [6.07, 6.45) is 0. The molecule has 0 bridgehead atoms. The Labute approximate surface area is 127 Å². The van der Waals surface area contributed by atoms with Crippen molar-refractivity contribution in [3.05, 3.63) is 60.4 Å². The van der Waals surface area contributed by atoms with Crippen LogP contribution in [0.15, 0.2) is 54.6 Å². The lowest BCUT2D eigenvalue weighted by Gasteiger charge is -2.08. The molecule has 1 heterocycles. The maximum Gasteiger partial charge on any atom is 0.221 e. The van der Waals surface area contributed by atoms with Gasteiger partial charge in [0.15, 0.2) is 0 Å². The predicted molar refractivity (Wildman–Crippen MR) is 83.8 cm³/mol. The average Bonchev–Trinajstić information content (AvgIpc) is 2.55. The van der Waals surface area contributed by atoms with Gasteiger partial charge in [-0.1, -0.05) is 24.3 Å². The molecule has 0 atom stereocenters. The Morgan fingerprint density at radius 2 is 1.73 bits per heavy atom. The summed E-state index contributed by atoms with van der Waals surface area (Å²) in [6, 6.07) is 15.6. The van der Waals surface area contributed by atoms with E-state index in [-0.39, 0.29) is 11.8 Å². The molecule has 0 amide bonds. The topological polar surface area (TPSA) is 61.0 Å². The fourth-order valence-corrected chi connectivity index (χ4v) is 2.20. The number of nitrogen functional groups attached to an aromatic ring is 1. The summed E-state index contributed by atoms with van der Waals surface area (Å²) in [5.74, 6) is 0.456. The molecular weight excluding hydrogens is 281 g/mol. The van der Waals surface area contributed by atoms with E-state index in [2.05, 4.69) is 9.97 Å². The van der Waals surface area contributed by atoms with E-state index in [0.29, 0.717) is 22.7 Å². The fraction of sp³-hybridized carbons (Fsp3) is 0.0588. The summed E-state index contributed by atoms with van der Waals surface area (Å²) in [7, 11) is 1.60. The normalized spacial score (nSPS) is 10.5. The number of methoxy groups -OCH3 is 1. The molecule has 0 saturated carbocycles. The monoisotopic (exact) mass is 295 g/mol. The number of nitrogens with two attached hydrogens (primary N) is 1. The molecule has 22 heavy (non-hydrogen) atoms. The summed E-state index contributed by atoms with van der Waals surface area (Å²) < 4.78 is 19.1. The molecule has 0 fully saturated rings. The standard InChI is InChI=1S/C17H14FN3O/c1-22-12-6-4-5-11(9-12)15-10-16(21-17(19)20-15)13-7-2-3-8-14(13)18/h2-10H,1H3,(H2,19,20,21). The number of rotatable bonds is 3. The molecule has 1 aromatic heterocycles. The second kappa shape index (κ2) is 5.81. The molecule has 0 unspecified atom stereocenters. The number of benzene rings is 2. The van der Waals surface area contributed by atoms with Gasteiger partial charge in [-0.05, 0) is 30.3 Å². The molecule has 0 aliphatic heterocycles. The number of nitrogens with zero attached hydrogens (tertiary/aromatic N) is 2. The van der Waals surface area contributed by atoms with Crippen LogP contribution in [0.5, 0.6) is 5.75 Å². The Bertz CT molecular complexity index is 821. The van der Waals surface area contributed by atoms with Crippen molar-refractivity contribution in [3.63, 3.8) is 0 Å². The molecule has 0 aliphatic rings. The van der Waals surface area contributed by atoms with Crippen LogP contribution >= 0.6 is 0 Å². The molecular formula is C17H14FN3O. The van der Waals surface area contributed by atoms with Crippen LogP contribution in [0.25, 0.3) is 22.5 Å². The van der Waals surface area contributed by atoms with Crippen LogP contribution in [-0.4, -0.2) is 17.1 Å². The highest BCUT2D eigenvalue weighted by Gasteiger charge is 2.10. The third kappa shape index (κ3) is 2.74. The van der Waals surface area contributed by atoms with E-state index in [1.807, 2.05) is 24.3 Å². The van der Waals surface area contributed by atoms with Gasteiger partial charge in [0.05, 0.1) is 18.5 Å². The smallest absolute Gasteiger partial charge is 0.221 e. The van der Waals surface area contributed by atoms with Crippen molar-refractivity contribution in [2.75, 3.05) is 12.8 Å². The number of aromatic nitrogens is 2. The first-order valence-electron chi connectivity index (χ1n) is 6.71. The summed E-state index contributed by atoms with van der Waals surface area (Å²) in [6.45, 7) is 0. The molecule has 0 aliphatic carbocycles. The molecule has 110 valence electrons. The van der Waals surface area contributed by atoms with Gasteiger partial charge in [-0.25, -0.2) is 14.4 Å². The van der Waals surface area contributed by atoms with Crippen LogP contribution < -0.4 is 10.5 Å². The van der Waals surface area contributed by atoms with E-state index in [1.165, 1.54) is 6.07 Å². The summed E-state index contributed by atoms with van der Waals surface area (Å²) >= 11 is 0. The van der Waals surface area contributed by atoms with Gasteiger partial charge in [-0.15, -0.1) is 0 Å². The molecule has 2 aromatic carbocycles. The highest BCUT2D eigenvalue weighted by molar-refractivity contribution is 5.70. The minimum Gasteiger partial charge on any atom is -0.497 e. The lowest BCUT2D eigenvalue weighted by molar-refractivity contribution is 0.415. The second-order valence-electron chi connectivity index (χ2n) is 4.71.